The Morgan fingerprint density at radius 3 is 2.59 bits per heavy atom. The molecule has 5 nitrogen and oxygen atoms in total. The van der Waals surface area contributed by atoms with Crippen LogP contribution in [0.25, 0.3) is 5.69 Å². The molecule has 1 amide bonds. The van der Waals surface area contributed by atoms with Crippen molar-refractivity contribution in [3.8, 4) is 5.69 Å². The van der Waals surface area contributed by atoms with Gasteiger partial charge in [-0.25, -0.2) is 9.07 Å². The van der Waals surface area contributed by atoms with E-state index in [2.05, 4.69) is 10.00 Å². The Bertz CT molecular complexity index is 1020. The van der Waals surface area contributed by atoms with Gasteiger partial charge in [0.05, 0.1) is 23.1 Å². The van der Waals surface area contributed by atoms with Crippen LogP contribution in [0.3, 0.4) is 0 Å². The molecular formula is C22H22ClFN4O. The van der Waals surface area contributed by atoms with Crippen molar-refractivity contribution in [2.45, 2.75) is 13.3 Å². The third-order valence-electron chi connectivity index (χ3n) is 5.27. The summed E-state index contributed by atoms with van der Waals surface area (Å²) in [5, 5.41) is 5.03. The maximum absolute atomic E-state index is 13.2. The van der Waals surface area contributed by atoms with E-state index in [1.165, 1.54) is 12.1 Å². The van der Waals surface area contributed by atoms with Crippen molar-refractivity contribution in [1.82, 2.24) is 14.7 Å². The molecule has 0 N–H and O–H groups in total. The summed E-state index contributed by atoms with van der Waals surface area (Å²) < 4.78 is 14.9. The fraction of sp³-hybridized carbons (Fsp3) is 0.273. The molecule has 1 fully saturated rings. The molecule has 29 heavy (non-hydrogen) atoms. The summed E-state index contributed by atoms with van der Waals surface area (Å²) >= 11 is 6.09. The van der Waals surface area contributed by atoms with E-state index in [1.807, 2.05) is 30.0 Å². The number of halogens is 2. The Morgan fingerprint density at radius 1 is 1.03 bits per heavy atom. The summed E-state index contributed by atoms with van der Waals surface area (Å²) in [4.78, 5) is 17.2. The van der Waals surface area contributed by atoms with Crippen LogP contribution in [0, 0.1) is 12.7 Å². The van der Waals surface area contributed by atoms with Crippen molar-refractivity contribution in [1.29, 1.82) is 0 Å². The third-order valence-corrected chi connectivity index (χ3v) is 5.50. The minimum absolute atomic E-state index is 0.0169. The van der Waals surface area contributed by atoms with Crippen LogP contribution in [0.2, 0.25) is 5.02 Å². The molecule has 2 heterocycles. The average molecular weight is 413 g/mol. The monoisotopic (exact) mass is 412 g/mol. The molecule has 1 aromatic heterocycles. The minimum atomic E-state index is -0.243. The molecule has 0 atom stereocenters. The first-order chi connectivity index (χ1) is 14.0. The molecular weight excluding hydrogens is 391 g/mol. The Labute approximate surface area is 174 Å². The quantitative estimate of drug-likeness (QED) is 0.643. The highest BCUT2D eigenvalue weighted by molar-refractivity contribution is 6.30. The SMILES string of the molecule is Cc1c(C(=O)N2CCCN(c3ccc(F)cc3)CC2)cnn1-c1cccc(Cl)c1. The Morgan fingerprint density at radius 2 is 1.83 bits per heavy atom. The van der Waals surface area contributed by atoms with E-state index < -0.39 is 0 Å². The maximum atomic E-state index is 13.2. The lowest BCUT2D eigenvalue weighted by molar-refractivity contribution is 0.0766. The normalized spacial score (nSPS) is 14.7. The number of carbonyl (C=O) groups is 1. The number of hydrogen-bond acceptors (Lipinski definition) is 3. The molecule has 1 saturated heterocycles. The first-order valence-corrected chi connectivity index (χ1v) is 10.0. The topological polar surface area (TPSA) is 41.4 Å². The highest BCUT2D eigenvalue weighted by atomic mass is 35.5. The van der Waals surface area contributed by atoms with Crippen molar-refractivity contribution in [2.75, 3.05) is 31.1 Å². The molecule has 7 heteroatoms. The number of anilines is 1. The third kappa shape index (κ3) is 4.12. The number of aromatic nitrogens is 2. The molecule has 4 rings (SSSR count). The van der Waals surface area contributed by atoms with Crippen LogP contribution in [-0.2, 0) is 0 Å². The van der Waals surface area contributed by atoms with Gasteiger partial charge in [0.2, 0.25) is 0 Å². The van der Waals surface area contributed by atoms with Crippen LogP contribution in [-0.4, -0.2) is 46.8 Å². The highest BCUT2D eigenvalue weighted by Gasteiger charge is 2.24. The molecule has 3 aromatic rings. The van der Waals surface area contributed by atoms with Gasteiger partial charge < -0.3 is 9.80 Å². The van der Waals surface area contributed by atoms with Crippen molar-refractivity contribution < 1.29 is 9.18 Å². The van der Waals surface area contributed by atoms with E-state index >= 15 is 0 Å². The van der Waals surface area contributed by atoms with Gasteiger partial charge in [-0.2, -0.15) is 5.10 Å². The van der Waals surface area contributed by atoms with Crippen LogP contribution >= 0.6 is 11.6 Å². The average Bonchev–Trinajstić information content (AvgIpc) is 2.94. The number of nitrogens with zero attached hydrogens (tertiary/aromatic N) is 4. The maximum Gasteiger partial charge on any atom is 0.257 e. The molecule has 0 spiro atoms. The van der Waals surface area contributed by atoms with Crippen molar-refractivity contribution >= 4 is 23.2 Å². The second-order valence-electron chi connectivity index (χ2n) is 7.14. The zero-order valence-electron chi connectivity index (χ0n) is 16.2. The van der Waals surface area contributed by atoms with Gasteiger partial charge in [-0.05, 0) is 55.8 Å². The zero-order valence-corrected chi connectivity index (χ0v) is 16.9. The number of amides is 1. The van der Waals surface area contributed by atoms with Gasteiger partial charge in [-0.3, -0.25) is 4.79 Å². The van der Waals surface area contributed by atoms with Crippen molar-refractivity contribution in [3.63, 3.8) is 0 Å². The summed E-state index contributed by atoms with van der Waals surface area (Å²) in [5.74, 6) is -0.260. The lowest BCUT2D eigenvalue weighted by atomic mass is 10.2. The van der Waals surface area contributed by atoms with E-state index in [0.29, 0.717) is 30.2 Å². The van der Waals surface area contributed by atoms with Crippen LogP contribution in [0.5, 0.6) is 0 Å². The lowest BCUT2D eigenvalue weighted by Crippen LogP contribution is -2.35. The van der Waals surface area contributed by atoms with Gasteiger partial charge in [0, 0.05) is 36.9 Å². The summed E-state index contributed by atoms with van der Waals surface area (Å²) in [6.45, 7) is 4.72. The second-order valence-corrected chi connectivity index (χ2v) is 7.58. The van der Waals surface area contributed by atoms with E-state index in [4.69, 9.17) is 11.6 Å². The molecule has 0 bridgehead atoms. The lowest BCUT2D eigenvalue weighted by Gasteiger charge is -2.23. The van der Waals surface area contributed by atoms with E-state index in [-0.39, 0.29) is 11.7 Å². The first kappa shape index (κ1) is 19.5. The summed E-state index contributed by atoms with van der Waals surface area (Å²) in [6, 6.07) is 13.9. The van der Waals surface area contributed by atoms with E-state index in [1.54, 1.807) is 29.1 Å². The highest BCUT2D eigenvalue weighted by Crippen LogP contribution is 2.21. The van der Waals surface area contributed by atoms with Crippen molar-refractivity contribution in [2.24, 2.45) is 0 Å². The summed E-state index contributed by atoms with van der Waals surface area (Å²) in [5.41, 5.74) is 3.19. The first-order valence-electron chi connectivity index (χ1n) is 9.63. The zero-order chi connectivity index (χ0) is 20.4. The molecule has 0 saturated carbocycles. The standard InChI is InChI=1S/C22H22ClFN4O/c1-16-21(15-25-28(16)20-5-2-4-17(23)14-20)22(29)27-11-3-10-26(12-13-27)19-8-6-18(24)7-9-19/h2,4-9,14-15H,3,10-13H2,1H3. The van der Waals surface area contributed by atoms with E-state index in [9.17, 15) is 9.18 Å². The fourth-order valence-corrected chi connectivity index (χ4v) is 3.87. The molecule has 1 aliphatic heterocycles. The number of hydrogen-bond donors (Lipinski definition) is 0. The molecule has 2 aromatic carbocycles. The van der Waals surface area contributed by atoms with Gasteiger partial charge in [-0.15, -0.1) is 0 Å². The largest absolute Gasteiger partial charge is 0.370 e. The smallest absolute Gasteiger partial charge is 0.257 e. The summed E-state index contributed by atoms with van der Waals surface area (Å²) in [7, 11) is 0. The predicted molar refractivity (Wildman–Crippen MR) is 112 cm³/mol. The van der Waals surface area contributed by atoms with Gasteiger partial charge in [-0.1, -0.05) is 17.7 Å². The Kier molecular flexibility index (Phi) is 5.53. The Balaban J connectivity index is 1.49. The number of rotatable bonds is 3. The van der Waals surface area contributed by atoms with Gasteiger partial charge in [0.1, 0.15) is 5.82 Å². The number of carbonyl (C=O) groups excluding carboxylic acids is 1. The second kappa shape index (κ2) is 8.25. The minimum Gasteiger partial charge on any atom is -0.370 e. The molecule has 0 radical (unpaired) electrons. The van der Waals surface area contributed by atoms with Crippen LogP contribution in [0.1, 0.15) is 22.5 Å². The molecule has 0 aliphatic carbocycles. The fourth-order valence-electron chi connectivity index (χ4n) is 3.69. The van der Waals surface area contributed by atoms with Crippen LogP contribution in [0.4, 0.5) is 10.1 Å². The van der Waals surface area contributed by atoms with Gasteiger partial charge >= 0.3 is 0 Å². The van der Waals surface area contributed by atoms with Gasteiger partial charge in [0.25, 0.3) is 5.91 Å². The Hall–Kier alpha value is -2.86. The molecule has 1 aliphatic rings. The predicted octanol–water partition coefficient (Wildman–Crippen LogP) is 4.33. The van der Waals surface area contributed by atoms with Gasteiger partial charge in [0.15, 0.2) is 0 Å². The number of benzene rings is 2. The summed E-state index contributed by atoms with van der Waals surface area (Å²) in [6.07, 6.45) is 2.48. The molecule has 150 valence electrons. The van der Waals surface area contributed by atoms with Crippen LogP contribution in [0.15, 0.2) is 54.7 Å². The van der Waals surface area contributed by atoms with E-state index in [0.717, 1.165) is 30.0 Å². The molecule has 0 unspecified atom stereocenters. The van der Waals surface area contributed by atoms with Crippen molar-refractivity contribution in [3.05, 3.63) is 76.8 Å². The van der Waals surface area contributed by atoms with Crippen LogP contribution < -0.4 is 4.90 Å².